The molecule has 2 aromatic carbocycles. The molecule has 1 aliphatic heterocycles. The summed E-state index contributed by atoms with van der Waals surface area (Å²) in [6.07, 6.45) is 4.59. The molecule has 10 heteroatoms. The molecular weight excluding hydrogens is 556 g/mol. The molecular formula is C31H31ClN6O2S. The van der Waals surface area contributed by atoms with Gasteiger partial charge in [-0.25, -0.2) is 9.97 Å². The Morgan fingerprint density at radius 1 is 1.02 bits per heavy atom. The molecule has 6 rings (SSSR count). The maximum absolute atomic E-state index is 13.6. The minimum Gasteiger partial charge on any atom is -0.379 e. The van der Waals surface area contributed by atoms with Gasteiger partial charge in [-0.3, -0.25) is 14.3 Å². The molecule has 210 valence electrons. The zero-order chi connectivity index (χ0) is 28.3. The van der Waals surface area contributed by atoms with E-state index < -0.39 is 0 Å². The van der Waals surface area contributed by atoms with Crippen molar-refractivity contribution in [1.82, 2.24) is 24.4 Å². The number of morpholine rings is 1. The first-order valence-electron chi connectivity index (χ1n) is 13.8. The summed E-state index contributed by atoms with van der Waals surface area (Å²) in [7, 11) is 0. The van der Waals surface area contributed by atoms with Gasteiger partial charge in [0.1, 0.15) is 5.65 Å². The van der Waals surface area contributed by atoms with Crippen LogP contribution in [0.5, 0.6) is 0 Å². The summed E-state index contributed by atoms with van der Waals surface area (Å²) >= 11 is 8.32. The number of pyridine rings is 1. The third-order valence-corrected chi connectivity index (χ3v) is 8.61. The number of hydrogen-bond donors (Lipinski definition) is 1. The number of benzene rings is 2. The van der Waals surface area contributed by atoms with Crippen LogP contribution in [0.1, 0.15) is 17.5 Å². The van der Waals surface area contributed by atoms with Gasteiger partial charge in [-0.15, -0.1) is 11.3 Å². The molecule has 8 nitrogen and oxygen atoms in total. The average Bonchev–Trinajstić information content (AvgIpc) is 3.43. The highest BCUT2D eigenvalue weighted by molar-refractivity contribution is 7.15. The van der Waals surface area contributed by atoms with Crippen LogP contribution in [-0.4, -0.2) is 57.3 Å². The molecule has 1 fully saturated rings. The van der Waals surface area contributed by atoms with E-state index in [1.165, 1.54) is 5.56 Å². The minimum absolute atomic E-state index is 0.141. The van der Waals surface area contributed by atoms with Gasteiger partial charge in [-0.1, -0.05) is 35.9 Å². The fourth-order valence-electron chi connectivity index (χ4n) is 5.08. The Bertz CT molecular complexity index is 1740. The average molecular weight is 587 g/mol. The van der Waals surface area contributed by atoms with Gasteiger partial charge in [0.15, 0.2) is 0 Å². The monoisotopic (exact) mass is 586 g/mol. The number of aromatic nitrogens is 4. The molecule has 0 saturated carbocycles. The number of fused-ring (bicyclic) bond motifs is 1. The summed E-state index contributed by atoms with van der Waals surface area (Å²) in [5.74, 6) is 0.440. The van der Waals surface area contributed by atoms with Crippen LogP contribution >= 0.6 is 22.9 Å². The van der Waals surface area contributed by atoms with E-state index >= 15 is 0 Å². The lowest BCUT2D eigenvalue weighted by Crippen LogP contribution is -2.37. The lowest BCUT2D eigenvalue weighted by molar-refractivity contribution is 0.0384. The Labute approximate surface area is 247 Å². The molecule has 4 heterocycles. The van der Waals surface area contributed by atoms with Gasteiger partial charge in [0.05, 0.1) is 23.1 Å². The van der Waals surface area contributed by atoms with E-state index in [0.717, 1.165) is 65.8 Å². The van der Waals surface area contributed by atoms with E-state index in [9.17, 15) is 4.79 Å². The SMILES string of the molecule is CCn1c(=O)c(-c2ccc(-c3cnc(C)s3)cc2Cl)cc2cnc(Nc3ccc(CCN4CCOCC4)cc3)nc21. The van der Waals surface area contributed by atoms with E-state index in [-0.39, 0.29) is 5.56 Å². The molecule has 0 aliphatic carbocycles. The van der Waals surface area contributed by atoms with Crippen molar-refractivity contribution >= 4 is 45.6 Å². The first kappa shape index (κ1) is 27.5. The maximum atomic E-state index is 13.6. The van der Waals surface area contributed by atoms with E-state index in [1.54, 1.807) is 22.1 Å². The second-order valence-corrected chi connectivity index (χ2v) is 11.7. The highest BCUT2D eigenvalue weighted by Crippen LogP contribution is 2.34. The molecule has 0 amide bonds. The van der Waals surface area contributed by atoms with Crippen molar-refractivity contribution in [1.29, 1.82) is 0 Å². The predicted octanol–water partition coefficient (Wildman–Crippen LogP) is 6.18. The van der Waals surface area contributed by atoms with Crippen molar-refractivity contribution in [3.05, 3.63) is 86.9 Å². The van der Waals surface area contributed by atoms with Gasteiger partial charge < -0.3 is 10.1 Å². The molecule has 3 aromatic heterocycles. The van der Waals surface area contributed by atoms with Crippen LogP contribution in [0.2, 0.25) is 5.02 Å². The summed E-state index contributed by atoms with van der Waals surface area (Å²) in [5, 5.41) is 5.56. The van der Waals surface area contributed by atoms with Crippen LogP contribution in [0, 0.1) is 6.92 Å². The zero-order valence-corrected chi connectivity index (χ0v) is 24.6. The molecule has 0 bridgehead atoms. The lowest BCUT2D eigenvalue weighted by atomic mass is 10.0. The van der Waals surface area contributed by atoms with Crippen molar-refractivity contribution in [2.45, 2.75) is 26.8 Å². The summed E-state index contributed by atoms with van der Waals surface area (Å²) in [6.45, 7) is 9.03. The number of aryl methyl sites for hydroxylation is 2. The normalized spacial score (nSPS) is 14.0. The summed E-state index contributed by atoms with van der Waals surface area (Å²) < 4.78 is 7.10. The van der Waals surface area contributed by atoms with Crippen molar-refractivity contribution in [2.24, 2.45) is 0 Å². The van der Waals surface area contributed by atoms with Crippen molar-refractivity contribution in [3.8, 4) is 21.6 Å². The van der Waals surface area contributed by atoms with E-state index in [2.05, 4.69) is 32.3 Å². The number of thiazole rings is 1. The first-order chi connectivity index (χ1) is 20.0. The largest absolute Gasteiger partial charge is 0.379 e. The van der Waals surface area contributed by atoms with Gasteiger partial charge in [-0.2, -0.15) is 4.98 Å². The van der Waals surface area contributed by atoms with Gasteiger partial charge >= 0.3 is 0 Å². The van der Waals surface area contributed by atoms with Gasteiger partial charge in [-0.05, 0) is 55.7 Å². The number of halogens is 1. The Hall–Kier alpha value is -3.63. The molecule has 1 aliphatic rings. The van der Waals surface area contributed by atoms with E-state index in [4.69, 9.17) is 21.3 Å². The quantitative estimate of drug-likeness (QED) is 0.232. The second-order valence-electron chi connectivity index (χ2n) is 10.0. The van der Waals surface area contributed by atoms with E-state index in [0.29, 0.717) is 34.3 Å². The van der Waals surface area contributed by atoms with Crippen LogP contribution in [-0.2, 0) is 17.7 Å². The van der Waals surface area contributed by atoms with Crippen LogP contribution in [0.3, 0.4) is 0 Å². The number of rotatable bonds is 8. The Morgan fingerprint density at radius 2 is 1.83 bits per heavy atom. The fourth-order valence-corrected chi connectivity index (χ4v) is 6.14. The number of nitrogens with one attached hydrogen (secondary N) is 1. The molecule has 0 radical (unpaired) electrons. The van der Waals surface area contributed by atoms with Crippen molar-refractivity contribution < 1.29 is 4.74 Å². The molecule has 5 aromatic rings. The van der Waals surface area contributed by atoms with Crippen molar-refractivity contribution in [3.63, 3.8) is 0 Å². The fraction of sp³-hybridized carbons (Fsp3) is 0.290. The molecule has 1 N–H and O–H groups in total. The minimum atomic E-state index is -0.141. The third-order valence-electron chi connectivity index (χ3n) is 7.34. The highest BCUT2D eigenvalue weighted by Gasteiger charge is 2.16. The van der Waals surface area contributed by atoms with Crippen LogP contribution < -0.4 is 10.9 Å². The van der Waals surface area contributed by atoms with Crippen molar-refractivity contribution in [2.75, 3.05) is 38.2 Å². The molecule has 41 heavy (non-hydrogen) atoms. The Kier molecular flexibility index (Phi) is 8.11. The summed E-state index contributed by atoms with van der Waals surface area (Å²) in [6, 6.07) is 15.9. The predicted molar refractivity (Wildman–Crippen MR) is 166 cm³/mol. The van der Waals surface area contributed by atoms with E-state index in [1.807, 2.05) is 56.4 Å². The van der Waals surface area contributed by atoms with Crippen LogP contribution in [0.25, 0.3) is 32.6 Å². The smallest absolute Gasteiger partial charge is 0.260 e. The van der Waals surface area contributed by atoms with Gasteiger partial charge in [0.25, 0.3) is 5.56 Å². The zero-order valence-electron chi connectivity index (χ0n) is 23.1. The Balaban J connectivity index is 1.23. The molecule has 0 atom stereocenters. The topological polar surface area (TPSA) is 85.2 Å². The standard InChI is InChI=1S/C31H31ClN6O2S/c1-3-38-29-23(16-26(30(38)39)25-9-6-22(17-27(25)32)28-19-33-20(2)41-28)18-34-31(36-29)35-24-7-4-21(5-8-24)10-11-37-12-14-40-15-13-37/h4-9,16-19H,3,10-15H2,1-2H3,(H,34,35,36). The number of nitrogens with zero attached hydrogens (tertiary/aromatic N) is 5. The molecule has 1 saturated heterocycles. The maximum Gasteiger partial charge on any atom is 0.260 e. The summed E-state index contributed by atoms with van der Waals surface area (Å²) in [4.78, 5) is 30.7. The highest BCUT2D eigenvalue weighted by atomic mass is 35.5. The number of ether oxygens (including phenoxy) is 1. The third kappa shape index (κ3) is 6.04. The Morgan fingerprint density at radius 3 is 2.54 bits per heavy atom. The number of anilines is 2. The lowest BCUT2D eigenvalue weighted by Gasteiger charge is -2.26. The van der Waals surface area contributed by atoms with Crippen LogP contribution in [0.15, 0.2) is 65.7 Å². The number of hydrogen-bond acceptors (Lipinski definition) is 8. The first-order valence-corrected chi connectivity index (χ1v) is 15.0. The second kappa shape index (κ2) is 12.1. The van der Waals surface area contributed by atoms with Gasteiger partial charge in [0, 0.05) is 65.8 Å². The van der Waals surface area contributed by atoms with Crippen LogP contribution in [0.4, 0.5) is 11.6 Å². The molecule has 0 unspecified atom stereocenters. The summed E-state index contributed by atoms with van der Waals surface area (Å²) in [5.41, 5.74) is 4.79. The molecule has 0 spiro atoms. The van der Waals surface area contributed by atoms with Gasteiger partial charge in [0.2, 0.25) is 5.95 Å².